The molecule has 0 fully saturated rings. The van der Waals surface area contributed by atoms with Crippen molar-refractivity contribution in [3.63, 3.8) is 0 Å². The predicted molar refractivity (Wildman–Crippen MR) is 41.9 cm³/mol. The molecule has 0 amide bonds. The molecule has 0 atom stereocenters. The molecule has 0 saturated heterocycles. The Morgan fingerprint density at radius 2 is 1.91 bits per heavy atom. The standard InChI is InChI=1S/C5H12NO4P/c1-3-9-11(8,6-5-7)10-4-2/h8,11H,3-4H2,1-2H3. The van der Waals surface area contributed by atoms with E-state index in [-0.39, 0.29) is 13.2 Å². The van der Waals surface area contributed by atoms with Crippen molar-refractivity contribution in [2.45, 2.75) is 13.8 Å². The van der Waals surface area contributed by atoms with E-state index >= 15 is 0 Å². The number of hydrogen-bond donors (Lipinski definition) is 1. The first-order valence-corrected chi connectivity index (χ1v) is 4.99. The van der Waals surface area contributed by atoms with Gasteiger partial charge < -0.3 is 0 Å². The van der Waals surface area contributed by atoms with Gasteiger partial charge in [-0.2, -0.15) is 0 Å². The Morgan fingerprint density at radius 1 is 1.45 bits per heavy atom. The maximum atomic E-state index is 9.79. The maximum absolute atomic E-state index is 9.79. The molecule has 1 N–H and O–H groups in total. The fraction of sp³-hybridized carbons (Fsp3) is 0.800. The minimum atomic E-state index is -3.55. The van der Waals surface area contributed by atoms with Crippen LogP contribution in [0, 0.1) is 0 Å². The molecular formula is C5H12NO4P. The first kappa shape index (κ1) is 10.7. The van der Waals surface area contributed by atoms with Gasteiger partial charge in [-0.1, -0.05) is 0 Å². The van der Waals surface area contributed by atoms with Gasteiger partial charge in [-0.15, -0.1) is 0 Å². The fourth-order valence-corrected chi connectivity index (χ4v) is 1.62. The zero-order valence-corrected chi connectivity index (χ0v) is 7.53. The topological polar surface area (TPSA) is 68.1 Å². The molecule has 0 spiro atoms. The van der Waals surface area contributed by atoms with Gasteiger partial charge >= 0.3 is 64.7 Å². The van der Waals surface area contributed by atoms with Gasteiger partial charge in [0.25, 0.3) is 0 Å². The van der Waals surface area contributed by atoms with Crippen LogP contribution in [0.1, 0.15) is 13.8 Å². The molecule has 0 aliphatic heterocycles. The van der Waals surface area contributed by atoms with E-state index in [0.29, 0.717) is 0 Å². The summed E-state index contributed by atoms with van der Waals surface area (Å²) in [7, 11) is -3.55. The third-order valence-electron chi connectivity index (χ3n) is 0.852. The van der Waals surface area contributed by atoms with Gasteiger partial charge in [0.1, 0.15) is 0 Å². The van der Waals surface area contributed by atoms with E-state index < -0.39 is 8.09 Å². The monoisotopic (exact) mass is 181 g/mol. The Labute approximate surface area is 65.7 Å². The van der Waals surface area contributed by atoms with Crippen molar-refractivity contribution in [2.75, 3.05) is 13.2 Å². The Kier molecular flexibility index (Phi) is 5.20. The van der Waals surface area contributed by atoms with Gasteiger partial charge in [0.05, 0.1) is 0 Å². The summed E-state index contributed by atoms with van der Waals surface area (Å²) in [4.78, 5) is 19.1. The van der Waals surface area contributed by atoms with Crippen molar-refractivity contribution in [1.82, 2.24) is 0 Å². The average Bonchev–Trinajstić information content (AvgIpc) is 1.88. The summed E-state index contributed by atoms with van der Waals surface area (Å²) in [5, 5.41) is 0. The van der Waals surface area contributed by atoms with E-state index in [1.54, 1.807) is 13.8 Å². The first-order chi connectivity index (χ1) is 5.18. The molecule has 6 heteroatoms. The van der Waals surface area contributed by atoms with Gasteiger partial charge in [-0.05, 0) is 0 Å². The van der Waals surface area contributed by atoms with Crippen LogP contribution < -0.4 is 0 Å². The average molecular weight is 181 g/mol. The molecule has 0 aliphatic rings. The van der Waals surface area contributed by atoms with Gasteiger partial charge in [0, 0.05) is 0 Å². The molecule has 0 heterocycles. The van der Waals surface area contributed by atoms with Crippen LogP contribution in [-0.4, -0.2) is 24.2 Å². The molecule has 0 bridgehead atoms. The van der Waals surface area contributed by atoms with Crippen LogP contribution in [0.2, 0.25) is 0 Å². The molecule has 11 heavy (non-hydrogen) atoms. The zero-order chi connectivity index (χ0) is 8.74. The number of hydrogen-bond acceptors (Lipinski definition) is 5. The summed E-state index contributed by atoms with van der Waals surface area (Å²) in [5.74, 6) is 0. The Hall–Kier alpha value is -0.310. The number of nitrogens with zero attached hydrogens (tertiary/aromatic N) is 1. The molecule has 0 aromatic heterocycles. The van der Waals surface area contributed by atoms with Crippen molar-refractivity contribution in [3.8, 4) is 0 Å². The Balaban J connectivity index is 4.11. The van der Waals surface area contributed by atoms with E-state index in [9.17, 15) is 9.69 Å². The van der Waals surface area contributed by atoms with E-state index in [4.69, 9.17) is 9.05 Å². The van der Waals surface area contributed by atoms with Crippen LogP contribution in [0.3, 0.4) is 0 Å². The van der Waals surface area contributed by atoms with Crippen molar-refractivity contribution in [1.29, 1.82) is 0 Å². The molecule has 5 nitrogen and oxygen atoms in total. The molecule has 0 aromatic rings. The van der Waals surface area contributed by atoms with Crippen LogP contribution in [-0.2, 0) is 13.8 Å². The third-order valence-corrected chi connectivity index (χ3v) is 2.55. The molecule has 0 aromatic carbocycles. The quantitative estimate of drug-likeness (QED) is 0.387. The molecule has 0 saturated carbocycles. The van der Waals surface area contributed by atoms with Crippen LogP contribution in [0.5, 0.6) is 0 Å². The second-order valence-corrected chi connectivity index (χ2v) is 3.52. The molecular weight excluding hydrogens is 169 g/mol. The van der Waals surface area contributed by atoms with Gasteiger partial charge in [-0.3, -0.25) is 0 Å². The van der Waals surface area contributed by atoms with Crippen molar-refractivity contribution in [2.24, 2.45) is 4.76 Å². The van der Waals surface area contributed by atoms with Gasteiger partial charge in [-0.25, -0.2) is 0 Å². The van der Waals surface area contributed by atoms with Crippen LogP contribution in [0.15, 0.2) is 4.76 Å². The van der Waals surface area contributed by atoms with Crippen molar-refractivity contribution < 1.29 is 18.7 Å². The van der Waals surface area contributed by atoms with Crippen LogP contribution in [0.4, 0.5) is 0 Å². The van der Waals surface area contributed by atoms with Gasteiger partial charge in [0.15, 0.2) is 0 Å². The zero-order valence-electron chi connectivity index (χ0n) is 6.53. The molecule has 0 aliphatic carbocycles. The predicted octanol–water partition coefficient (Wildman–Crippen LogP) is 0.797. The molecule has 0 radical (unpaired) electrons. The SMILES string of the molecule is CCO[PH](O)(N=C=O)OCC. The van der Waals surface area contributed by atoms with Crippen molar-refractivity contribution in [3.05, 3.63) is 0 Å². The Bertz CT molecular complexity index is 151. The van der Waals surface area contributed by atoms with E-state index in [0.717, 1.165) is 0 Å². The molecule has 66 valence electrons. The summed E-state index contributed by atoms with van der Waals surface area (Å²) < 4.78 is 12.6. The summed E-state index contributed by atoms with van der Waals surface area (Å²) >= 11 is 0. The number of isocyanates is 1. The number of carbonyl (C=O) groups excluding carboxylic acids is 1. The van der Waals surface area contributed by atoms with Crippen LogP contribution >= 0.6 is 8.09 Å². The van der Waals surface area contributed by atoms with Crippen LogP contribution in [0.25, 0.3) is 0 Å². The minimum absolute atomic E-state index is 0.258. The second kappa shape index (κ2) is 5.35. The van der Waals surface area contributed by atoms with Crippen molar-refractivity contribution >= 4 is 14.2 Å². The summed E-state index contributed by atoms with van der Waals surface area (Å²) in [6.45, 7) is 3.87. The third kappa shape index (κ3) is 4.19. The van der Waals surface area contributed by atoms with E-state index in [1.165, 1.54) is 6.08 Å². The Morgan fingerprint density at radius 3 is 2.18 bits per heavy atom. The molecule has 0 rings (SSSR count). The number of rotatable bonds is 5. The normalized spacial score (nSPS) is 12.3. The summed E-state index contributed by atoms with van der Waals surface area (Å²) in [5.41, 5.74) is 0. The first-order valence-electron chi connectivity index (χ1n) is 3.27. The fourth-order valence-electron chi connectivity index (χ4n) is 0.540. The summed E-state index contributed by atoms with van der Waals surface area (Å²) in [6, 6.07) is 0. The summed E-state index contributed by atoms with van der Waals surface area (Å²) in [6.07, 6.45) is 1.21. The van der Waals surface area contributed by atoms with E-state index in [1.807, 2.05) is 0 Å². The van der Waals surface area contributed by atoms with E-state index in [2.05, 4.69) is 4.76 Å². The molecule has 0 unspecified atom stereocenters. The second-order valence-electron chi connectivity index (χ2n) is 1.62. The van der Waals surface area contributed by atoms with Gasteiger partial charge in [0.2, 0.25) is 0 Å².